The Morgan fingerprint density at radius 3 is 2.57 bits per heavy atom. The maximum Gasteiger partial charge on any atom is 0.341 e. The number of hydrogen-bond donors (Lipinski definition) is 0. The molecule has 0 amide bonds. The summed E-state index contributed by atoms with van der Waals surface area (Å²) in [6.07, 6.45) is -0.749. The van der Waals surface area contributed by atoms with Crippen molar-refractivity contribution in [2.75, 3.05) is 0 Å². The van der Waals surface area contributed by atoms with Crippen LogP contribution in [-0.4, -0.2) is 16.1 Å². The minimum atomic E-state index is -0.767. The fourth-order valence-corrected chi connectivity index (χ4v) is 1.61. The van der Waals surface area contributed by atoms with Gasteiger partial charge in [0.2, 0.25) is 0 Å². The monoisotopic (exact) mass is 292 g/mol. The number of aromatic nitrogens is 2. The largest absolute Gasteiger partial charge is 0.449 e. The summed E-state index contributed by atoms with van der Waals surface area (Å²) in [5.74, 6) is -0.692. The maximum atomic E-state index is 13.5. The highest BCUT2D eigenvalue weighted by Crippen LogP contribution is 2.23. The van der Waals surface area contributed by atoms with Gasteiger partial charge in [-0.3, -0.25) is 0 Å². The van der Waals surface area contributed by atoms with Crippen molar-refractivity contribution in [3.8, 4) is 0 Å². The predicted molar refractivity (Wildman–Crippen MR) is 73.2 cm³/mol. The van der Waals surface area contributed by atoms with Gasteiger partial charge in [-0.2, -0.15) is 4.98 Å². The minimum Gasteiger partial charge on any atom is -0.449 e. The molecule has 0 saturated carbocycles. The Balaban J connectivity index is 2.11. The Kier molecular flexibility index (Phi) is 4.06. The lowest BCUT2D eigenvalue weighted by atomic mass is 9.96. The summed E-state index contributed by atoms with van der Waals surface area (Å²) in [6, 6.07) is 5.63. The fraction of sp³-hybridized carbons (Fsp3) is 0.400. The van der Waals surface area contributed by atoms with E-state index in [4.69, 9.17) is 9.26 Å². The molecule has 6 heteroatoms. The van der Waals surface area contributed by atoms with Gasteiger partial charge in [0.15, 0.2) is 11.9 Å². The molecule has 21 heavy (non-hydrogen) atoms. The van der Waals surface area contributed by atoms with E-state index in [9.17, 15) is 9.18 Å². The van der Waals surface area contributed by atoms with E-state index in [1.165, 1.54) is 18.2 Å². The molecule has 0 spiro atoms. The first-order valence-corrected chi connectivity index (χ1v) is 6.58. The predicted octanol–water partition coefficient (Wildman–Crippen LogP) is 3.42. The molecule has 112 valence electrons. The van der Waals surface area contributed by atoms with Gasteiger partial charge in [-0.05, 0) is 19.1 Å². The molecule has 1 heterocycles. The molecule has 0 N–H and O–H groups in total. The summed E-state index contributed by atoms with van der Waals surface area (Å²) < 4.78 is 23.7. The van der Waals surface area contributed by atoms with Crippen LogP contribution >= 0.6 is 0 Å². The van der Waals surface area contributed by atoms with E-state index in [2.05, 4.69) is 10.1 Å². The lowest BCUT2D eigenvalue weighted by Crippen LogP contribution is -2.14. The lowest BCUT2D eigenvalue weighted by molar-refractivity contribution is 0.0260. The average molecular weight is 292 g/mol. The van der Waals surface area contributed by atoms with Crippen molar-refractivity contribution >= 4 is 5.97 Å². The van der Waals surface area contributed by atoms with Crippen molar-refractivity contribution in [3.63, 3.8) is 0 Å². The molecule has 0 fully saturated rings. The number of nitrogens with zero attached hydrogens (tertiary/aromatic N) is 2. The molecule has 0 aliphatic heterocycles. The zero-order valence-corrected chi connectivity index (χ0v) is 12.4. The number of rotatable bonds is 3. The standard InChI is InChI=1S/C15H17FN2O3/c1-9(12-17-14(18-21-12)15(2,3)4)20-13(19)10-7-5-6-8-11(10)16/h5-9H,1-4H3. The van der Waals surface area contributed by atoms with Crippen molar-refractivity contribution < 1.29 is 18.4 Å². The van der Waals surface area contributed by atoms with Crippen molar-refractivity contribution in [2.45, 2.75) is 39.2 Å². The molecule has 2 aromatic rings. The Labute approximate surface area is 122 Å². The second-order valence-electron chi connectivity index (χ2n) is 5.73. The van der Waals surface area contributed by atoms with E-state index in [0.29, 0.717) is 5.82 Å². The van der Waals surface area contributed by atoms with Crippen molar-refractivity contribution in [2.24, 2.45) is 0 Å². The van der Waals surface area contributed by atoms with Gasteiger partial charge in [0, 0.05) is 5.41 Å². The average Bonchev–Trinajstić information content (AvgIpc) is 2.88. The van der Waals surface area contributed by atoms with Crippen LogP contribution in [0.4, 0.5) is 4.39 Å². The Morgan fingerprint density at radius 2 is 2.00 bits per heavy atom. The maximum absolute atomic E-state index is 13.5. The van der Waals surface area contributed by atoms with Crippen LogP contribution in [-0.2, 0) is 10.2 Å². The molecule has 1 unspecified atom stereocenters. The summed E-state index contributed by atoms with van der Waals surface area (Å²) >= 11 is 0. The molecular weight excluding hydrogens is 275 g/mol. The first-order valence-electron chi connectivity index (χ1n) is 6.58. The number of carbonyl (C=O) groups excluding carboxylic acids is 1. The number of halogens is 1. The van der Waals surface area contributed by atoms with Crippen molar-refractivity contribution in [1.29, 1.82) is 0 Å². The van der Waals surface area contributed by atoms with E-state index >= 15 is 0 Å². The van der Waals surface area contributed by atoms with E-state index in [-0.39, 0.29) is 16.9 Å². The van der Waals surface area contributed by atoms with Gasteiger partial charge < -0.3 is 9.26 Å². The molecule has 0 aliphatic carbocycles. The number of carbonyl (C=O) groups is 1. The molecule has 1 atom stereocenters. The van der Waals surface area contributed by atoms with Crippen LogP contribution in [0.3, 0.4) is 0 Å². The van der Waals surface area contributed by atoms with Crippen molar-refractivity contribution in [3.05, 3.63) is 47.4 Å². The highest BCUT2D eigenvalue weighted by Gasteiger charge is 2.25. The molecule has 1 aromatic heterocycles. The normalized spacial score (nSPS) is 13.0. The Bertz CT molecular complexity index is 646. The smallest absolute Gasteiger partial charge is 0.341 e. The third-order valence-corrected chi connectivity index (χ3v) is 2.84. The first kappa shape index (κ1) is 15.2. The van der Waals surface area contributed by atoms with Gasteiger partial charge in [0.25, 0.3) is 5.89 Å². The third kappa shape index (κ3) is 3.45. The molecule has 1 aromatic carbocycles. The van der Waals surface area contributed by atoms with Gasteiger partial charge in [0.05, 0.1) is 5.56 Å². The van der Waals surface area contributed by atoms with Gasteiger partial charge in [-0.15, -0.1) is 0 Å². The molecule has 5 nitrogen and oxygen atoms in total. The van der Waals surface area contributed by atoms with Gasteiger partial charge in [0.1, 0.15) is 5.82 Å². The summed E-state index contributed by atoms with van der Waals surface area (Å²) in [6.45, 7) is 7.42. The second-order valence-corrected chi connectivity index (χ2v) is 5.73. The van der Waals surface area contributed by atoms with Crippen LogP contribution in [0.1, 0.15) is 55.9 Å². The highest BCUT2D eigenvalue weighted by molar-refractivity contribution is 5.89. The Hall–Kier alpha value is -2.24. The molecule has 0 saturated heterocycles. The van der Waals surface area contributed by atoms with Crippen LogP contribution in [0.25, 0.3) is 0 Å². The van der Waals surface area contributed by atoms with Crippen LogP contribution in [0, 0.1) is 5.82 Å². The third-order valence-electron chi connectivity index (χ3n) is 2.84. The highest BCUT2D eigenvalue weighted by atomic mass is 19.1. The van der Waals surface area contributed by atoms with Crippen molar-refractivity contribution in [1.82, 2.24) is 10.1 Å². The van der Waals surface area contributed by atoms with Crippen LogP contribution in [0.2, 0.25) is 0 Å². The van der Waals surface area contributed by atoms with E-state index in [0.717, 1.165) is 0 Å². The lowest BCUT2D eigenvalue weighted by Gasteiger charge is -2.11. The summed E-state index contributed by atoms with van der Waals surface area (Å²) in [5.41, 5.74) is -0.392. The summed E-state index contributed by atoms with van der Waals surface area (Å²) in [4.78, 5) is 16.1. The number of esters is 1. The van der Waals surface area contributed by atoms with Gasteiger partial charge in [-0.1, -0.05) is 38.1 Å². The number of ether oxygens (including phenoxy) is 1. The van der Waals surface area contributed by atoms with Gasteiger partial charge in [-0.25, -0.2) is 9.18 Å². The molecule has 0 aliphatic rings. The minimum absolute atomic E-state index is 0.125. The molecule has 0 bridgehead atoms. The SMILES string of the molecule is CC(OC(=O)c1ccccc1F)c1nc(C(C)(C)C)no1. The summed E-state index contributed by atoms with van der Waals surface area (Å²) in [5, 5.41) is 3.85. The van der Waals surface area contributed by atoms with Gasteiger partial charge >= 0.3 is 5.97 Å². The zero-order valence-electron chi connectivity index (χ0n) is 12.4. The van der Waals surface area contributed by atoms with Crippen LogP contribution in [0.15, 0.2) is 28.8 Å². The van der Waals surface area contributed by atoms with E-state index in [1.54, 1.807) is 13.0 Å². The fourth-order valence-electron chi connectivity index (χ4n) is 1.61. The quantitative estimate of drug-likeness (QED) is 0.811. The Morgan fingerprint density at radius 1 is 1.33 bits per heavy atom. The molecule has 2 rings (SSSR count). The number of benzene rings is 1. The zero-order chi connectivity index (χ0) is 15.6. The first-order chi connectivity index (χ1) is 9.79. The molecule has 0 radical (unpaired) electrons. The van der Waals surface area contributed by atoms with E-state index < -0.39 is 17.9 Å². The molecular formula is C15H17FN2O3. The van der Waals surface area contributed by atoms with Crippen LogP contribution in [0.5, 0.6) is 0 Å². The topological polar surface area (TPSA) is 65.2 Å². The number of hydrogen-bond acceptors (Lipinski definition) is 5. The van der Waals surface area contributed by atoms with E-state index in [1.807, 2.05) is 20.8 Å². The summed E-state index contributed by atoms with van der Waals surface area (Å²) in [7, 11) is 0. The second kappa shape index (κ2) is 5.63. The van der Waals surface area contributed by atoms with Crippen LogP contribution < -0.4 is 0 Å².